The molecular formula is C15H28N2O2. The summed E-state index contributed by atoms with van der Waals surface area (Å²) in [6.45, 7) is 6.50. The predicted octanol–water partition coefficient (Wildman–Crippen LogP) is 1.84. The normalized spacial score (nSPS) is 30.2. The molecule has 4 nitrogen and oxygen atoms in total. The highest BCUT2D eigenvalue weighted by molar-refractivity contribution is 5.80. The Kier molecular flexibility index (Phi) is 5.22. The molecule has 0 bridgehead atoms. The summed E-state index contributed by atoms with van der Waals surface area (Å²) in [6, 6.07) is 0.187. The maximum atomic E-state index is 12.5. The van der Waals surface area contributed by atoms with Crippen molar-refractivity contribution in [3.05, 3.63) is 0 Å². The summed E-state index contributed by atoms with van der Waals surface area (Å²) in [7, 11) is 0. The van der Waals surface area contributed by atoms with Crippen LogP contribution in [0.2, 0.25) is 0 Å². The van der Waals surface area contributed by atoms with Crippen molar-refractivity contribution < 1.29 is 9.53 Å². The maximum Gasteiger partial charge on any atom is 0.227 e. The molecule has 0 aromatic carbocycles. The van der Waals surface area contributed by atoms with Crippen LogP contribution in [0.4, 0.5) is 0 Å². The van der Waals surface area contributed by atoms with Crippen LogP contribution in [0.15, 0.2) is 0 Å². The smallest absolute Gasteiger partial charge is 0.227 e. The van der Waals surface area contributed by atoms with E-state index in [1.165, 1.54) is 19.3 Å². The van der Waals surface area contributed by atoms with E-state index in [1.807, 2.05) is 0 Å². The highest BCUT2D eigenvalue weighted by Crippen LogP contribution is 2.28. The van der Waals surface area contributed by atoms with Gasteiger partial charge in [0.05, 0.1) is 19.1 Å². The highest BCUT2D eigenvalue weighted by Gasteiger charge is 2.37. The Morgan fingerprint density at radius 2 is 2.00 bits per heavy atom. The van der Waals surface area contributed by atoms with E-state index in [-0.39, 0.29) is 23.4 Å². The molecule has 1 saturated heterocycles. The number of carbonyl (C=O) groups excluding carboxylic acids is 1. The quantitative estimate of drug-likeness (QED) is 0.800. The Labute approximate surface area is 116 Å². The lowest BCUT2D eigenvalue weighted by Gasteiger charge is -2.36. The van der Waals surface area contributed by atoms with Gasteiger partial charge in [-0.15, -0.1) is 0 Å². The first-order valence-corrected chi connectivity index (χ1v) is 7.78. The van der Waals surface area contributed by atoms with Crippen LogP contribution in [0.5, 0.6) is 0 Å². The molecule has 0 radical (unpaired) electrons. The molecule has 1 heterocycles. The zero-order chi connectivity index (χ0) is 13.7. The van der Waals surface area contributed by atoms with Gasteiger partial charge in [-0.3, -0.25) is 4.79 Å². The molecule has 0 aromatic rings. The van der Waals surface area contributed by atoms with Gasteiger partial charge in [0.2, 0.25) is 5.91 Å². The van der Waals surface area contributed by atoms with Crippen LogP contribution in [0.1, 0.15) is 52.4 Å². The van der Waals surface area contributed by atoms with Crippen molar-refractivity contribution in [1.82, 2.24) is 10.6 Å². The summed E-state index contributed by atoms with van der Waals surface area (Å²) in [4.78, 5) is 12.5. The van der Waals surface area contributed by atoms with E-state index in [1.54, 1.807) is 0 Å². The lowest BCUT2D eigenvalue weighted by atomic mass is 9.83. The number of carbonyl (C=O) groups is 1. The molecule has 110 valence electrons. The van der Waals surface area contributed by atoms with Gasteiger partial charge < -0.3 is 15.4 Å². The minimum absolute atomic E-state index is 0.00717. The second-order valence-electron chi connectivity index (χ2n) is 6.32. The minimum atomic E-state index is -0.0229. The van der Waals surface area contributed by atoms with E-state index in [9.17, 15) is 4.79 Å². The van der Waals surface area contributed by atoms with Gasteiger partial charge in [0, 0.05) is 11.6 Å². The average Bonchev–Trinajstić information content (AvgIpc) is 2.85. The van der Waals surface area contributed by atoms with Crippen molar-refractivity contribution in [2.75, 3.05) is 19.8 Å². The third-order valence-corrected chi connectivity index (χ3v) is 4.46. The van der Waals surface area contributed by atoms with E-state index < -0.39 is 0 Å². The van der Waals surface area contributed by atoms with E-state index in [0.717, 1.165) is 25.8 Å². The molecule has 2 atom stereocenters. The molecule has 0 aromatic heterocycles. The van der Waals surface area contributed by atoms with Crippen molar-refractivity contribution >= 4 is 5.91 Å². The van der Waals surface area contributed by atoms with Crippen molar-refractivity contribution in [3.8, 4) is 0 Å². The Morgan fingerprint density at radius 1 is 1.26 bits per heavy atom. The number of hydrogen-bond acceptors (Lipinski definition) is 3. The van der Waals surface area contributed by atoms with Crippen molar-refractivity contribution in [1.29, 1.82) is 0 Å². The molecule has 4 heteroatoms. The first kappa shape index (κ1) is 14.8. The van der Waals surface area contributed by atoms with Crippen molar-refractivity contribution in [2.24, 2.45) is 5.92 Å². The number of nitrogens with one attached hydrogen (secondary N) is 2. The SMILES string of the molecule is CCCNC1COCC1C(=O)NC1(C)CCCCC1. The fourth-order valence-electron chi connectivity index (χ4n) is 3.19. The summed E-state index contributed by atoms with van der Waals surface area (Å²) in [5.41, 5.74) is 0.00717. The van der Waals surface area contributed by atoms with Crippen molar-refractivity contribution in [2.45, 2.75) is 64.0 Å². The third-order valence-electron chi connectivity index (χ3n) is 4.46. The van der Waals surface area contributed by atoms with Crippen LogP contribution in [0, 0.1) is 5.92 Å². The standard InChI is InChI=1S/C15H28N2O2/c1-3-9-16-13-11-19-10-12(13)14(18)17-15(2)7-5-4-6-8-15/h12-13,16H,3-11H2,1-2H3,(H,17,18). The molecule has 2 rings (SSSR count). The van der Waals surface area contributed by atoms with E-state index in [0.29, 0.717) is 13.2 Å². The number of rotatable bonds is 5. The van der Waals surface area contributed by atoms with Gasteiger partial charge in [0.25, 0.3) is 0 Å². The van der Waals surface area contributed by atoms with Gasteiger partial charge in [-0.1, -0.05) is 26.2 Å². The molecule has 1 amide bonds. The zero-order valence-corrected chi connectivity index (χ0v) is 12.3. The average molecular weight is 268 g/mol. The van der Waals surface area contributed by atoms with Crippen LogP contribution >= 0.6 is 0 Å². The number of ether oxygens (including phenoxy) is 1. The van der Waals surface area contributed by atoms with E-state index >= 15 is 0 Å². The lowest BCUT2D eigenvalue weighted by molar-refractivity contribution is -0.127. The Bertz CT molecular complexity index is 301. The fourth-order valence-corrected chi connectivity index (χ4v) is 3.19. The van der Waals surface area contributed by atoms with Crippen LogP contribution in [0.25, 0.3) is 0 Å². The third kappa shape index (κ3) is 3.93. The predicted molar refractivity (Wildman–Crippen MR) is 76.0 cm³/mol. The molecule has 2 aliphatic rings. The van der Waals surface area contributed by atoms with Gasteiger partial charge >= 0.3 is 0 Å². The summed E-state index contributed by atoms with van der Waals surface area (Å²) < 4.78 is 5.49. The van der Waals surface area contributed by atoms with Gasteiger partial charge in [0.1, 0.15) is 0 Å². The second kappa shape index (κ2) is 6.71. The van der Waals surface area contributed by atoms with Crippen LogP contribution in [0.3, 0.4) is 0 Å². The van der Waals surface area contributed by atoms with Crippen LogP contribution in [-0.2, 0) is 9.53 Å². The summed E-state index contributed by atoms with van der Waals surface area (Å²) in [5, 5.41) is 6.71. The molecule has 1 saturated carbocycles. The molecule has 2 N–H and O–H groups in total. The minimum Gasteiger partial charge on any atom is -0.379 e. The van der Waals surface area contributed by atoms with Crippen LogP contribution < -0.4 is 10.6 Å². The summed E-state index contributed by atoms with van der Waals surface area (Å²) in [6.07, 6.45) is 7.07. The van der Waals surface area contributed by atoms with E-state index in [4.69, 9.17) is 4.74 Å². The number of amides is 1. The lowest BCUT2D eigenvalue weighted by Crippen LogP contribution is -2.52. The second-order valence-corrected chi connectivity index (χ2v) is 6.32. The topological polar surface area (TPSA) is 50.4 Å². The van der Waals surface area contributed by atoms with Crippen molar-refractivity contribution in [3.63, 3.8) is 0 Å². The molecule has 1 aliphatic heterocycles. The first-order valence-electron chi connectivity index (χ1n) is 7.78. The van der Waals surface area contributed by atoms with Crippen LogP contribution in [-0.4, -0.2) is 37.2 Å². The van der Waals surface area contributed by atoms with Gasteiger partial charge in [-0.05, 0) is 32.7 Å². The monoisotopic (exact) mass is 268 g/mol. The Balaban J connectivity index is 1.87. The zero-order valence-electron chi connectivity index (χ0n) is 12.3. The van der Waals surface area contributed by atoms with Gasteiger partial charge in [-0.25, -0.2) is 0 Å². The largest absolute Gasteiger partial charge is 0.379 e. The highest BCUT2D eigenvalue weighted by atomic mass is 16.5. The van der Waals surface area contributed by atoms with Gasteiger partial charge in [-0.2, -0.15) is 0 Å². The molecule has 0 spiro atoms. The van der Waals surface area contributed by atoms with Gasteiger partial charge in [0.15, 0.2) is 0 Å². The summed E-state index contributed by atoms with van der Waals surface area (Å²) >= 11 is 0. The van der Waals surface area contributed by atoms with E-state index in [2.05, 4.69) is 24.5 Å². The summed E-state index contributed by atoms with van der Waals surface area (Å²) in [5.74, 6) is 0.154. The Morgan fingerprint density at radius 3 is 2.68 bits per heavy atom. The molecule has 2 unspecified atom stereocenters. The number of hydrogen-bond donors (Lipinski definition) is 2. The Hall–Kier alpha value is -0.610. The fraction of sp³-hybridized carbons (Fsp3) is 0.933. The first-order chi connectivity index (χ1) is 9.14. The molecule has 1 aliphatic carbocycles. The molecule has 2 fully saturated rings. The maximum absolute atomic E-state index is 12.5. The molecular weight excluding hydrogens is 240 g/mol. The molecule has 19 heavy (non-hydrogen) atoms.